The number of hydrogen-bond acceptors (Lipinski definition) is 4. The molecule has 0 atom stereocenters. The van der Waals surface area contributed by atoms with Gasteiger partial charge in [0, 0.05) is 13.1 Å². The highest BCUT2D eigenvalue weighted by Crippen LogP contribution is 2.31. The predicted octanol–water partition coefficient (Wildman–Crippen LogP) is 2.13. The van der Waals surface area contributed by atoms with Crippen molar-refractivity contribution in [1.29, 1.82) is 0 Å². The molecular weight excluding hydrogens is 322 g/mol. The largest absolute Gasteiger partial charge is 0.388 e. The van der Waals surface area contributed by atoms with E-state index < -0.39 is 5.60 Å². The van der Waals surface area contributed by atoms with E-state index in [-0.39, 0.29) is 5.56 Å². The zero-order chi connectivity index (χ0) is 14.2. The fraction of sp³-hybridized carbons (Fsp3) is 0.714. The minimum absolute atomic E-state index is 0.0969. The van der Waals surface area contributed by atoms with Gasteiger partial charge >= 0.3 is 0 Å². The van der Waals surface area contributed by atoms with Gasteiger partial charge in [-0.25, -0.2) is 4.68 Å². The molecule has 0 radical (unpaired) electrons. The van der Waals surface area contributed by atoms with E-state index in [2.05, 4.69) is 26.3 Å². The number of rotatable bonds is 5. The lowest BCUT2D eigenvalue weighted by molar-refractivity contribution is 0.0614. The summed E-state index contributed by atoms with van der Waals surface area (Å²) < 4.78 is 2.03. The van der Waals surface area contributed by atoms with Gasteiger partial charge in [0.25, 0.3) is 5.56 Å². The van der Waals surface area contributed by atoms with Crippen molar-refractivity contribution in [3.8, 4) is 0 Å². The Labute approximate surface area is 126 Å². The zero-order valence-corrected chi connectivity index (χ0v) is 13.0. The summed E-state index contributed by atoms with van der Waals surface area (Å²) >= 11 is 3.35. The minimum atomic E-state index is -0.637. The summed E-state index contributed by atoms with van der Waals surface area (Å²) in [5.41, 5.74) is -0.0647. The first-order valence-corrected chi connectivity index (χ1v) is 8.09. The third-order valence-electron chi connectivity index (χ3n) is 4.26. The highest BCUT2D eigenvalue weighted by molar-refractivity contribution is 9.10. The molecule has 0 spiro atoms. The van der Waals surface area contributed by atoms with Gasteiger partial charge in [0.05, 0.1) is 17.5 Å². The molecule has 2 N–H and O–H groups in total. The van der Waals surface area contributed by atoms with Gasteiger partial charge < -0.3 is 10.4 Å². The summed E-state index contributed by atoms with van der Waals surface area (Å²) in [7, 11) is 0. The molecule has 1 aromatic rings. The van der Waals surface area contributed by atoms with Gasteiger partial charge in [0.15, 0.2) is 0 Å². The number of halogens is 1. The van der Waals surface area contributed by atoms with Crippen LogP contribution in [0.4, 0.5) is 5.69 Å². The number of anilines is 1. The van der Waals surface area contributed by atoms with Crippen LogP contribution in [0.25, 0.3) is 0 Å². The van der Waals surface area contributed by atoms with Crippen molar-refractivity contribution in [2.45, 2.75) is 50.7 Å². The Morgan fingerprint density at radius 1 is 1.45 bits per heavy atom. The molecule has 5 nitrogen and oxygen atoms in total. The van der Waals surface area contributed by atoms with Gasteiger partial charge in [0.1, 0.15) is 4.47 Å². The van der Waals surface area contributed by atoms with E-state index in [1.54, 1.807) is 6.20 Å². The smallest absolute Gasteiger partial charge is 0.283 e. The van der Waals surface area contributed by atoms with E-state index >= 15 is 0 Å². The molecule has 110 valence electrons. The first-order chi connectivity index (χ1) is 9.57. The van der Waals surface area contributed by atoms with Crippen molar-refractivity contribution in [2.75, 3.05) is 11.9 Å². The Morgan fingerprint density at radius 2 is 2.15 bits per heavy atom. The average Bonchev–Trinajstić information content (AvgIpc) is 3.14. The van der Waals surface area contributed by atoms with Crippen LogP contribution in [0.1, 0.15) is 38.5 Å². The second-order valence-electron chi connectivity index (χ2n) is 6.09. The lowest BCUT2D eigenvalue weighted by Gasteiger charge is -2.23. The Kier molecular flexibility index (Phi) is 3.86. The molecule has 6 heteroatoms. The molecule has 0 amide bonds. The standard InChI is InChI=1S/C14H20BrN3O2/c15-12-11(16-9-14(20)5-1-2-6-14)7-17-18(13(12)19)8-10-3-4-10/h7,10,16,20H,1-6,8-9H2. The van der Waals surface area contributed by atoms with E-state index in [4.69, 9.17) is 0 Å². The van der Waals surface area contributed by atoms with E-state index in [1.807, 2.05) is 0 Å². The van der Waals surface area contributed by atoms with Crippen LogP contribution >= 0.6 is 15.9 Å². The lowest BCUT2D eigenvalue weighted by Crippen LogP contribution is -2.34. The Bertz CT molecular complexity index is 548. The van der Waals surface area contributed by atoms with Crippen LogP contribution in [0.5, 0.6) is 0 Å². The van der Waals surface area contributed by atoms with Crippen LogP contribution < -0.4 is 10.9 Å². The molecule has 1 heterocycles. The van der Waals surface area contributed by atoms with Gasteiger partial charge in [-0.2, -0.15) is 5.10 Å². The van der Waals surface area contributed by atoms with Crippen molar-refractivity contribution < 1.29 is 5.11 Å². The molecule has 0 aromatic carbocycles. The molecule has 2 fully saturated rings. The monoisotopic (exact) mass is 341 g/mol. The third-order valence-corrected chi connectivity index (χ3v) is 5.02. The average molecular weight is 342 g/mol. The second-order valence-corrected chi connectivity index (χ2v) is 6.88. The summed E-state index contributed by atoms with van der Waals surface area (Å²) in [6.45, 7) is 1.18. The fourth-order valence-corrected chi connectivity index (χ4v) is 3.18. The highest BCUT2D eigenvalue weighted by atomic mass is 79.9. The molecule has 0 aliphatic heterocycles. The second kappa shape index (κ2) is 5.48. The first kappa shape index (κ1) is 14.1. The van der Waals surface area contributed by atoms with E-state index in [0.717, 1.165) is 25.7 Å². The van der Waals surface area contributed by atoms with Gasteiger partial charge in [-0.1, -0.05) is 12.8 Å². The number of aliphatic hydroxyl groups is 1. The van der Waals surface area contributed by atoms with Crippen LogP contribution in [0.2, 0.25) is 0 Å². The molecule has 1 aromatic heterocycles. The van der Waals surface area contributed by atoms with Crippen LogP contribution in [-0.2, 0) is 6.54 Å². The number of nitrogens with one attached hydrogen (secondary N) is 1. The molecule has 0 unspecified atom stereocenters. The van der Waals surface area contributed by atoms with Crippen LogP contribution in [0.3, 0.4) is 0 Å². The normalized spacial score (nSPS) is 21.1. The van der Waals surface area contributed by atoms with Crippen LogP contribution in [-0.4, -0.2) is 27.0 Å². The van der Waals surface area contributed by atoms with Crippen molar-refractivity contribution in [3.63, 3.8) is 0 Å². The van der Waals surface area contributed by atoms with E-state index in [1.165, 1.54) is 17.5 Å². The van der Waals surface area contributed by atoms with Crippen LogP contribution in [0, 0.1) is 5.92 Å². The number of aromatic nitrogens is 2. The maximum Gasteiger partial charge on any atom is 0.283 e. The summed E-state index contributed by atoms with van der Waals surface area (Å²) in [4.78, 5) is 12.2. The van der Waals surface area contributed by atoms with Crippen molar-refractivity contribution >= 4 is 21.6 Å². The summed E-state index contributed by atoms with van der Waals surface area (Å²) in [5, 5.41) is 17.7. The molecule has 2 aliphatic rings. The Morgan fingerprint density at radius 3 is 2.80 bits per heavy atom. The molecule has 2 saturated carbocycles. The van der Waals surface area contributed by atoms with Crippen molar-refractivity contribution in [3.05, 3.63) is 21.0 Å². The summed E-state index contributed by atoms with van der Waals surface area (Å²) in [6, 6.07) is 0. The van der Waals surface area contributed by atoms with Gasteiger partial charge in [-0.15, -0.1) is 0 Å². The molecule has 0 bridgehead atoms. The number of hydrogen-bond donors (Lipinski definition) is 2. The molecule has 0 saturated heterocycles. The SMILES string of the molecule is O=c1c(Br)c(NCC2(O)CCCC2)cnn1CC1CC1. The molecular formula is C14H20BrN3O2. The summed E-state index contributed by atoms with van der Waals surface area (Å²) in [6.07, 6.45) is 7.85. The van der Waals surface area contributed by atoms with Gasteiger partial charge in [-0.05, 0) is 47.5 Å². The minimum Gasteiger partial charge on any atom is -0.388 e. The maximum atomic E-state index is 12.2. The van der Waals surface area contributed by atoms with Crippen molar-refractivity contribution in [2.24, 2.45) is 5.92 Å². The van der Waals surface area contributed by atoms with Crippen molar-refractivity contribution in [1.82, 2.24) is 9.78 Å². The maximum absolute atomic E-state index is 12.2. The highest BCUT2D eigenvalue weighted by Gasteiger charge is 2.31. The summed E-state index contributed by atoms with van der Waals surface area (Å²) in [5.74, 6) is 0.616. The lowest BCUT2D eigenvalue weighted by atomic mass is 10.0. The Hall–Kier alpha value is -0.880. The zero-order valence-electron chi connectivity index (χ0n) is 11.4. The first-order valence-electron chi connectivity index (χ1n) is 7.29. The number of nitrogens with zero attached hydrogens (tertiary/aromatic N) is 2. The van der Waals surface area contributed by atoms with Crippen LogP contribution in [0.15, 0.2) is 15.5 Å². The van der Waals surface area contributed by atoms with E-state index in [9.17, 15) is 9.90 Å². The predicted molar refractivity (Wildman–Crippen MR) is 80.8 cm³/mol. The fourth-order valence-electron chi connectivity index (χ4n) is 2.73. The van der Waals surface area contributed by atoms with Gasteiger partial charge in [0.2, 0.25) is 0 Å². The Balaban J connectivity index is 1.70. The quantitative estimate of drug-likeness (QED) is 0.860. The topological polar surface area (TPSA) is 67.2 Å². The van der Waals surface area contributed by atoms with E-state index in [0.29, 0.717) is 29.2 Å². The molecule has 20 heavy (non-hydrogen) atoms. The van der Waals surface area contributed by atoms with Gasteiger partial charge in [-0.3, -0.25) is 4.79 Å². The third kappa shape index (κ3) is 3.06. The molecule has 2 aliphatic carbocycles. The molecule has 3 rings (SSSR count).